The number of nitrogens with one attached hydrogen (secondary N) is 1. The summed E-state index contributed by atoms with van der Waals surface area (Å²) in [6.07, 6.45) is -1.15. The van der Waals surface area contributed by atoms with Gasteiger partial charge in [-0.1, -0.05) is 11.6 Å². The molecule has 1 atom stereocenters. The normalized spacial score (nSPS) is 17.1. The van der Waals surface area contributed by atoms with E-state index in [1.165, 1.54) is 6.07 Å². The summed E-state index contributed by atoms with van der Waals surface area (Å²) in [6.45, 7) is 1.34. The predicted molar refractivity (Wildman–Crippen MR) is 104 cm³/mol. The second-order valence-electron chi connectivity index (χ2n) is 6.90. The molecule has 2 heterocycles. The number of anilines is 1. The van der Waals surface area contributed by atoms with E-state index in [0.717, 1.165) is 37.3 Å². The number of nitrogens with zero attached hydrogens (tertiary/aromatic N) is 4. The number of alkyl halides is 3. The molecule has 2 amide bonds. The summed E-state index contributed by atoms with van der Waals surface area (Å²) in [5.41, 5.74) is -0.584. The molecule has 1 saturated heterocycles. The zero-order valence-corrected chi connectivity index (χ0v) is 16.5. The number of hydrogen-bond acceptors (Lipinski definition) is 4. The maximum absolute atomic E-state index is 12.9. The smallest absolute Gasteiger partial charge is 0.353 e. The molecule has 1 aromatic carbocycles. The molecule has 1 aliphatic heterocycles. The quantitative estimate of drug-likeness (QED) is 0.802. The van der Waals surface area contributed by atoms with E-state index >= 15 is 0 Å². The first-order chi connectivity index (χ1) is 13.8. The topological polar surface area (TPSA) is 61.4 Å². The first-order valence-corrected chi connectivity index (χ1v) is 9.52. The van der Waals surface area contributed by atoms with Crippen molar-refractivity contribution in [1.29, 1.82) is 0 Å². The van der Waals surface area contributed by atoms with Crippen LogP contribution in [0.5, 0.6) is 0 Å². The molecule has 1 aliphatic rings. The Hall–Kier alpha value is -2.55. The zero-order valence-electron chi connectivity index (χ0n) is 15.8. The van der Waals surface area contributed by atoms with Crippen molar-refractivity contribution in [3.05, 3.63) is 52.7 Å². The standard InChI is InChI=1S/C19H21ClF3N5O/c1-27(15-4-3-9-28(12-15)17-5-2-8-25-26-17)18(29)24-11-13-10-14(19(21,22)23)6-7-16(13)20/h2,5-8,10,15H,3-4,9,11-12H2,1H3,(H,24,29)/t15-/m1/s1. The minimum Gasteiger partial charge on any atom is -0.353 e. The highest BCUT2D eigenvalue weighted by Crippen LogP contribution is 2.31. The Kier molecular flexibility index (Phi) is 6.46. The lowest BCUT2D eigenvalue weighted by Gasteiger charge is -2.38. The van der Waals surface area contributed by atoms with Crippen LogP contribution in [0.15, 0.2) is 36.5 Å². The van der Waals surface area contributed by atoms with Crippen molar-refractivity contribution >= 4 is 23.4 Å². The minimum atomic E-state index is -4.47. The van der Waals surface area contributed by atoms with Crippen molar-refractivity contribution in [2.75, 3.05) is 25.0 Å². The fraction of sp³-hybridized carbons (Fsp3) is 0.421. The molecule has 0 radical (unpaired) electrons. The lowest BCUT2D eigenvalue weighted by atomic mass is 10.0. The summed E-state index contributed by atoms with van der Waals surface area (Å²) in [6, 6.07) is 6.32. The average Bonchev–Trinajstić information content (AvgIpc) is 2.72. The van der Waals surface area contributed by atoms with Crippen LogP contribution in [0.1, 0.15) is 24.0 Å². The van der Waals surface area contributed by atoms with Gasteiger partial charge in [0, 0.05) is 37.9 Å². The largest absolute Gasteiger partial charge is 0.416 e. The maximum atomic E-state index is 12.9. The Balaban J connectivity index is 1.61. The second-order valence-corrected chi connectivity index (χ2v) is 7.30. The van der Waals surface area contributed by atoms with E-state index in [4.69, 9.17) is 11.6 Å². The van der Waals surface area contributed by atoms with Crippen LogP contribution >= 0.6 is 11.6 Å². The van der Waals surface area contributed by atoms with Crippen LogP contribution in [0.4, 0.5) is 23.8 Å². The van der Waals surface area contributed by atoms with Gasteiger partial charge in [-0.15, -0.1) is 5.10 Å². The van der Waals surface area contributed by atoms with Crippen LogP contribution in [0.2, 0.25) is 5.02 Å². The summed E-state index contributed by atoms with van der Waals surface area (Å²) >= 11 is 5.99. The van der Waals surface area contributed by atoms with Gasteiger partial charge in [-0.3, -0.25) is 0 Å². The molecule has 1 N–H and O–H groups in total. The number of likely N-dealkylation sites (N-methyl/N-ethyl adjacent to an activating group) is 1. The molecule has 0 aliphatic carbocycles. The van der Waals surface area contributed by atoms with Gasteiger partial charge < -0.3 is 15.1 Å². The molecule has 1 aromatic heterocycles. The van der Waals surface area contributed by atoms with E-state index < -0.39 is 11.7 Å². The first kappa shape index (κ1) is 21.2. The molecule has 3 rings (SSSR count). The third-order valence-electron chi connectivity index (χ3n) is 4.95. The van der Waals surface area contributed by atoms with Crippen molar-refractivity contribution in [2.24, 2.45) is 0 Å². The van der Waals surface area contributed by atoms with E-state index in [2.05, 4.69) is 20.4 Å². The van der Waals surface area contributed by atoms with E-state index in [1.807, 2.05) is 6.07 Å². The lowest BCUT2D eigenvalue weighted by Crippen LogP contribution is -2.51. The van der Waals surface area contributed by atoms with E-state index in [9.17, 15) is 18.0 Å². The first-order valence-electron chi connectivity index (χ1n) is 9.14. The molecule has 1 fully saturated rings. The highest BCUT2D eigenvalue weighted by molar-refractivity contribution is 6.31. The number of urea groups is 1. The monoisotopic (exact) mass is 427 g/mol. The number of rotatable bonds is 4. The summed E-state index contributed by atoms with van der Waals surface area (Å²) in [4.78, 5) is 16.2. The molecular formula is C19H21ClF3N5O. The number of carbonyl (C=O) groups excluding carboxylic acids is 1. The molecule has 0 saturated carbocycles. The third kappa shape index (κ3) is 5.29. The summed E-state index contributed by atoms with van der Waals surface area (Å²) in [5, 5.41) is 10.8. The highest BCUT2D eigenvalue weighted by Gasteiger charge is 2.31. The summed E-state index contributed by atoms with van der Waals surface area (Å²) in [7, 11) is 1.67. The number of amides is 2. The highest BCUT2D eigenvalue weighted by atomic mass is 35.5. The number of hydrogen-bond donors (Lipinski definition) is 1. The summed E-state index contributed by atoms with van der Waals surface area (Å²) in [5.74, 6) is 0.752. The number of aromatic nitrogens is 2. The van der Waals surface area contributed by atoms with Crippen molar-refractivity contribution < 1.29 is 18.0 Å². The molecule has 156 valence electrons. The predicted octanol–water partition coefficient (Wildman–Crippen LogP) is 3.96. The van der Waals surface area contributed by atoms with Gasteiger partial charge in [0.05, 0.1) is 11.6 Å². The van der Waals surface area contributed by atoms with Crippen LogP contribution in [-0.2, 0) is 12.7 Å². The maximum Gasteiger partial charge on any atom is 0.416 e. The van der Waals surface area contributed by atoms with Gasteiger partial charge >= 0.3 is 12.2 Å². The molecule has 0 bridgehead atoms. The fourth-order valence-corrected chi connectivity index (χ4v) is 3.47. The van der Waals surface area contributed by atoms with E-state index in [1.54, 1.807) is 24.2 Å². The van der Waals surface area contributed by atoms with E-state index in [0.29, 0.717) is 6.54 Å². The second kappa shape index (κ2) is 8.86. The number of halogens is 4. The van der Waals surface area contributed by atoms with Crippen LogP contribution in [0.25, 0.3) is 0 Å². The van der Waals surface area contributed by atoms with Crippen molar-refractivity contribution in [3.8, 4) is 0 Å². The van der Waals surface area contributed by atoms with Gasteiger partial charge in [0.1, 0.15) is 0 Å². The van der Waals surface area contributed by atoms with Gasteiger partial charge in [-0.2, -0.15) is 18.3 Å². The zero-order chi connectivity index (χ0) is 21.0. The van der Waals surface area contributed by atoms with Gasteiger partial charge in [-0.05, 0) is 48.7 Å². The lowest BCUT2D eigenvalue weighted by molar-refractivity contribution is -0.137. The molecule has 6 nitrogen and oxygen atoms in total. The Morgan fingerprint density at radius 1 is 1.38 bits per heavy atom. The Labute approximate surface area is 171 Å². The van der Waals surface area contributed by atoms with Gasteiger partial charge in [0.25, 0.3) is 0 Å². The van der Waals surface area contributed by atoms with Crippen LogP contribution in [0, 0.1) is 0 Å². The number of carbonyl (C=O) groups is 1. The van der Waals surface area contributed by atoms with Crippen molar-refractivity contribution in [3.63, 3.8) is 0 Å². The SMILES string of the molecule is CN(C(=O)NCc1cc(C(F)(F)F)ccc1Cl)[C@@H]1CCCN(c2cccnn2)C1. The molecule has 0 spiro atoms. The van der Waals surface area contributed by atoms with Crippen molar-refractivity contribution in [1.82, 2.24) is 20.4 Å². The molecule has 10 heteroatoms. The van der Waals surface area contributed by atoms with Crippen LogP contribution in [0.3, 0.4) is 0 Å². The Morgan fingerprint density at radius 2 is 2.17 bits per heavy atom. The molecule has 29 heavy (non-hydrogen) atoms. The molecule has 0 unspecified atom stereocenters. The fourth-order valence-electron chi connectivity index (χ4n) is 3.29. The Morgan fingerprint density at radius 3 is 2.86 bits per heavy atom. The van der Waals surface area contributed by atoms with E-state index in [-0.39, 0.29) is 29.2 Å². The minimum absolute atomic E-state index is 0.0530. The van der Waals surface area contributed by atoms with Crippen molar-refractivity contribution in [2.45, 2.75) is 31.6 Å². The van der Waals surface area contributed by atoms with Crippen LogP contribution < -0.4 is 10.2 Å². The summed E-state index contributed by atoms with van der Waals surface area (Å²) < 4.78 is 38.7. The molecular weight excluding hydrogens is 407 g/mol. The van der Waals surface area contributed by atoms with Gasteiger partial charge in [0.2, 0.25) is 0 Å². The Bertz CT molecular complexity index is 849. The average molecular weight is 428 g/mol. The third-order valence-corrected chi connectivity index (χ3v) is 5.32. The van der Waals surface area contributed by atoms with Gasteiger partial charge in [0.15, 0.2) is 5.82 Å². The van der Waals surface area contributed by atoms with Gasteiger partial charge in [-0.25, -0.2) is 4.79 Å². The molecule has 2 aromatic rings. The number of piperidine rings is 1. The van der Waals surface area contributed by atoms with Crippen LogP contribution in [-0.4, -0.2) is 47.3 Å². The number of benzene rings is 1.